The molecule has 1 amide bonds. The van der Waals surface area contributed by atoms with Gasteiger partial charge in [0.2, 0.25) is 5.82 Å². The van der Waals surface area contributed by atoms with Gasteiger partial charge in [0.25, 0.3) is 5.91 Å². The summed E-state index contributed by atoms with van der Waals surface area (Å²) in [6.07, 6.45) is 0.890. The van der Waals surface area contributed by atoms with E-state index in [2.05, 4.69) is 27.6 Å². The molecular weight excluding hydrogens is 409 g/mol. The predicted octanol–water partition coefficient (Wildman–Crippen LogP) is 3.85. The third-order valence-electron chi connectivity index (χ3n) is 4.60. The smallest absolute Gasteiger partial charge is 0.291 e. The molecule has 2 N–H and O–H groups in total. The van der Waals surface area contributed by atoms with Crippen molar-refractivity contribution in [3.63, 3.8) is 0 Å². The van der Waals surface area contributed by atoms with Crippen LogP contribution in [0.15, 0.2) is 18.2 Å². The molecule has 1 aliphatic heterocycles. The molecule has 2 aromatic rings. The van der Waals surface area contributed by atoms with Crippen LogP contribution in [0.5, 0.6) is 0 Å². The highest BCUT2D eigenvalue weighted by atomic mass is 35.5. The van der Waals surface area contributed by atoms with Crippen LogP contribution in [0.1, 0.15) is 49.6 Å². The number of rotatable bonds is 4. The van der Waals surface area contributed by atoms with Gasteiger partial charge >= 0.3 is 0 Å². The van der Waals surface area contributed by atoms with E-state index in [0.717, 1.165) is 19.5 Å². The van der Waals surface area contributed by atoms with Gasteiger partial charge in [0, 0.05) is 12.0 Å². The van der Waals surface area contributed by atoms with Gasteiger partial charge in [0.15, 0.2) is 0 Å². The average Bonchev–Trinajstić information content (AvgIpc) is 3.02. The van der Waals surface area contributed by atoms with E-state index in [1.54, 1.807) is 22.9 Å². The van der Waals surface area contributed by atoms with E-state index in [1.165, 1.54) is 0 Å². The second-order valence-corrected chi connectivity index (χ2v) is 7.79. The van der Waals surface area contributed by atoms with Gasteiger partial charge in [0.1, 0.15) is 11.5 Å². The summed E-state index contributed by atoms with van der Waals surface area (Å²) >= 11 is 12.6. The second-order valence-electron chi connectivity index (χ2n) is 6.98. The Kier molecular flexibility index (Phi) is 7.51. The van der Waals surface area contributed by atoms with Gasteiger partial charge in [-0.15, -0.1) is 17.5 Å². The van der Waals surface area contributed by atoms with Crippen molar-refractivity contribution in [1.29, 1.82) is 0 Å². The number of hydrogen-bond acceptors (Lipinski definition) is 4. The van der Waals surface area contributed by atoms with Crippen molar-refractivity contribution in [2.75, 3.05) is 13.1 Å². The van der Waals surface area contributed by atoms with Crippen molar-refractivity contribution in [2.45, 2.75) is 39.2 Å². The molecule has 0 aliphatic carbocycles. The molecule has 9 heteroatoms. The first-order chi connectivity index (χ1) is 12.4. The fourth-order valence-electron chi connectivity index (χ4n) is 3.11. The zero-order chi connectivity index (χ0) is 18.8. The van der Waals surface area contributed by atoms with E-state index < -0.39 is 0 Å². The quantitative estimate of drug-likeness (QED) is 0.770. The first-order valence-corrected chi connectivity index (χ1v) is 9.57. The Morgan fingerprint density at radius 2 is 2.00 bits per heavy atom. The van der Waals surface area contributed by atoms with Gasteiger partial charge in [-0.2, -0.15) is 0 Å². The van der Waals surface area contributed by atoms with Gasteiger partial charge in [-0.25, -0.2) is 9.67 Å². The summed E-state index contributed by atoms with van der Waals surface area (Å²) in [5, 5.41) is 11.7. The average molecular weight is 433 g/mol. The number of aromatic nitrogens is 3. The molecule has 1 aliphatic rings. The predicted molar refractivity (Wildman–Crippen MR) is 111 cm³/mol. The zero-order valence-electron chi connectivity index (χ0n) is 15.5. The van der Waals surface area contributed by atoms with E-state index in [0.29, 0.717) is 27.5 Å². The molecule has 0 radical (unpaired) electrons. The third-order valence-corrected chi connectivity index (χ3v) is 5.21. The molecule has 0 saturated carbocycles. The van der Waals surface area contributed by atoms with Gasteiger partial charge in [0.05, 0.1) is 10.0 Å². The molecule has 2 unspecified atom stereocenters. The number of benzene rings is 1. The van der Waals surface area contributed by atoms with Crippen LogP contribution >= 0.6 is 35.6 Å². The number of carbonyl (C=O) groups is 1. The maximum absolute atomic E-state index is 12.7. The van der Waals surface area contributed by atoms with Crippen LogP contribution < -0.4 is 10.6 Å². The highest BCUT2D eigenvalue weighted by Gasteiger charge is 2.27. The molecular formula is C18H24Cl3N5O. The number of amides is 1. The van der Waals surface area contributed by atoms with Crippen LogP contribution in [0.4, 0.5) is 0 Å². The lowest BCUT2D eigenvalue weighted by atomic mass is 9.95. The van der Waals surface area contributed by atoms with Gasteiger partial charge in [-0.1, -0.05) is 50.0 Å². The van der Waals surface area contributed by atoms with E-state index in [1.807, 2.05) is 13.8 Å². The van der Waals surface area contributed by atoms with Crippen LogP contribution in [0.25, 0.3) is 5.69 Å². The van der Waals surface area contributed by atoms with Crippen molar-refractivity contribution in [2.24, 2.45) is 5.92 Å². The molecule has 0 spiro atoms. The van der Waals surface area contributed by atoms with Crippen molar-refractivity contribution in [1.82, 2.24) is 25.4 Å². The van der Waals surface area contributed by atoms with Crippen molar-refractivity contribution < 1.29 is 4.79 Å². The monoisotopic (exact) mass is 431 g/mol. The third kappa shape index (κ3) is 4.74. The number of nitrogens with one attached hydrogen (secondary N) is 2. The molecule has 0 bridgehead atoms. The Hall–Kier alpha value is -1.34. The lowest BCUT2D eigenvalue weighted by Crippen LogP contribution is -2.48. The molecule has 1 saturated heterocycles. The molecule has 1 aromatic carbocycles. The highest BCUT2D eigenvalue weighted by molar-refractivity contribution is 6.37. The van der Waals surface area contributed by atoms with Crippen LogP contribution in [-0.4, -0.2) is 39.8 Å². The molecule has 2 atom stereocenters. The summed E-state index contributed by atoms with van der Waals surface area (Å²) < 4.78 is 1.58. The summed E-state index contributed by atoms with van der Waals surface area (Å²) in [6, 6.07) is 5.37. The largest absolute Gasteiger partial charge is 0.346 e. The van der Waals surface area contributed by atoms with Crippen LogP contribution in [0, 0.1) is 5.92 Å². The maximum atomic E-state index is 12.7. The minimum absolute atomic E-state index is 0. The Labute approximate surface area is 175 Å². The Morgan fingerprint density at radius 3 is 2.59 bits per heavy atom. The van der Waals surface area contributed by atoms with E-state index in [-0.39, 0.29) is 36.1 Å². The number of hydrogen-bond donors (Lipinski definition) is 2. The lowest BCUT2D eigenvalue weighted by molar-refractivity contribution is 0.0903. The van der Waals surface area contributed by atoms with E-state index in [4.69, 9.17) is 23.2 Å². The topological polar surface area (TPSA) is 71.8 Å². The number of piperidine rings is 1. The maximum Gasteiger partial charge on any atom is 0.291 e. The molecule has 27 heavy (non-hydrogen) atoms. The van der Waals surface area contributed by atoms with Crippen molar-refractivity contribution >= 4 is 41.5 Å². The number of nitrogens with zero attached hydrogens (tertiary/aromatic N) is 3. The van der Waals surface area contributed by atoms with Crippen LogP contribution in [0.2, 0.25) is 10.0 Å². The zero-order valence-corrected chi connectivity index (χ0v) is 17.8. The molecule has 2 heterocycles. The summed E-state index contributed by atoms with van der Waals surface area (Å²) in [5.41, 5.74) is 0.543. The normalized spacial score (nSPS) is 19.6. The first kappa shape index (κ1) is 22.0. The first-order valence-electron chi connectivity index (χ1n) is 8.81. The minimum Gasteiger partial charge on any atom is -0.346 e. The molecule has 1 fully saturated rings. The van der Waals surface area contributed by atoms with Crippen molar-refractivity contribution in [3.8, 4) is 5.69 Å². The van der Waals surface area contributed by atoms with Gasteiger partial charge in [-0.05, 0) is 37.6 Å². The fraction of sp³-hybridized carbons (Fsp3) is 0.500. The number of halogens is 3. The summed E-state index contributed by atoms with van der Waals surface area (Å²) in [5.74, 6) is 0.915. The van der Waals surface area contributed by atoms with Crippen molar-refractivity contribution in [3.05, 3.63) is 39.9 Å². The van der Waals surface area contributed by atoms with E-state index in [9.17, 15) is 4.79 Å². The summed E-state index contributed by atoms with van der Waals surface area (Å²) in [4.78, 5) is 17.2. The molecule has 6 nitrogen and oxygen atoms in total. The second kappa shape index (κ2) is 9.24. The van der Waals surface area contributed by atoms with Crippen LogP contribution in [-0.2, 0) is 0 Å². The summed E-state index contributed by atoms with van der Waals surface area (Å²) in [6.45, 7) is 7.87. The van der Waals surface area contributed by atoms with Crippen LogP contribution in [0.3, 0.4) is 0 Å². The molecule has 148 valence electrons. The number of para-hydroxylation sites is 1. The summed E-state index contributed by atoms with van der Waals surface area (Å²) in [7, 11) is 0. The Bertz CT molecular complexity index is 788. The fourth-order valence-corrected chi connectivity index (χ4v) is 3.67. The molecule has 3 rings (SSSR count). The standard InChI is InChI=1S/C18H23Cl2N5O.ClH/c1-10(2)17-23-16(18(26)22-14-7-8-21-9-11(14)3)24-25(17)15-12(19)5-4-6-13(15)20;/h4-6,10-11,14,21H,7-9H2,1-3H3,(H,22,26);1H. The highest BCUT2D eigenvalue weighted by Crippen LogP contribution is 2.30. The minimum atomic E-state index is -0.271. The van der Waals surface area contributed by atoms with Gasteiger partial charge < -0.3 is 10.6 Å². The Morgan fingerprint density at radius 1 is 1.33 bits per heavy atom. The van der Waals surface area contributed by atoms with Gasteiger partial charge in [-0.3, -0.25) is 4.79 Å². The van der Waals surface area contributed by atoms with E-state index >= 15 is 0 Å². The lowest BCUT2D eigenvalue weighted by Gasteiger charge is -2.29. The number of carbonyl (C=O) groups excluding carboxylic acids is 1. The molecule has 1 aromatic heterocycles. The Balaban J connectivity index is 0.00000261. The SMILES string of the molecule is CC(C)c1nc(C(=O)NC2CCNCC2C)nn1-c1c(Cl)cccc1Cl.Cl.